The second-order valence-corrected chi connectivity index (χ2v) is 10.5. The Labute approximate surface area is 231 Å². The standard InChI is InChI=1S/C25H25F3N4O8S/c1-31(41(37,38)19-6-3-2-4-7-19)20(23(35)40-24(36)25(26,27)28)14-30-22(34)16-12-17-8-9-18(39-11-5-10-29)15-32(17)21(33)13-16/h2-4,6-9,12-13,15,20H,5,10-11,14,29H2,1H3,(H,30,34). The molecule has 3 rings (SSSR count). The summed E-state index contributed by atoms with van der Waals surface area (Å²) in [5, 5.41) is 2.21. The van der Waals surface area contributed by atoms with Crippen LogP contribution in [-0.4, -0.2) is 73.9 Å². The van der Waals surface area contributed by atoms with Gasteiger partial charge >= 0.3 is 18.1 Å². The van der Waals surface area contributed by atoms with Crippen LogP contribution in [0.5, 0.6) is 5.75 Å². The number of nitrogens with zero attached hydrogens (tertiary/aromatic N) is 2. The van der Waals surface area contributed by atoms with Gasteiger partial charge in [-0.25, -0.2) is 18.0 Å². The predicted molar refractivity (Wildman–Crippen MR) is 137 cm³/mol. The zero-order chi connectivity index (χ0) is 30.4. The maximum absolute atomic E-state index is 13.0. The molecular weight excluding hydrogens is 573 g/mol. The second kappa shape index (κ2) is 12.9. The number of amides is 1. The summed E-state index contributed by atoms with van der Waals surface area (Å²) in [6.07, 6.45) is -3.54. The number of carbonyl (C=O) groups excluding carboxylic acids is 3. The van der Waals surface area contributed by atoms with Gasteiger partial charge in [0.25, 0.3) is 11.5 Å². The highest BCUT2D eigenvalue weighted by Crippen LogP contribution is 2.20. The van der Waals surface area contributed by atoms with E-state index in [1.165, 1.54) is 53.1 Å². The maximum atomic E-state index is 13.0. The molecule has 3 N–H and O–H groups in total. The summed E-state index contributed by atoms with van der Waals surface area (Å²) < 4.78 is 75.1. The smallest absolute Gasteiger partial charge is 0.491 e. The lowest BCUT2D eigenvalue weighted by Gasteiger charge is -2.26. The van der Waals surface area contributed by atoms with Gasteiger partial charge in [0.2, 0.25) is 10.0 Å². The van der Waals surface area contributed by atoms with Crippen LogP contribution in [0.25, 0.3) is 5.52 Å². The van der Waals surface area contributed by atoms with Gasteiger partial charge in [0, 0.05) is 30.7 Å². The van der Waals surface area contributed by atoms with E-state index in [0.29, 0.717) is 29.6 Å². The minimum atomic E-state index is -5.54. The number of sulfonamides is 1. The summed E-state index contributed by atoms with van der Waals surface area (Å²) in [7, 11) is -3.63. The van der Waals surface area contributed by atoms with E-state index in [-0.39, 0.29) is 16.0 Å². The van der Waals surface area contributed by atoms with E-state index in [4.69, 9.17) is 10.5 Å². The Morgan fingerprint density at radius 2 is 1.78 bits per heavy atom. The number of halogens is 3. The number of nitrogens with two attached hydrogens (primary N) is 1. The van der Waals surface area contributed by atoms with Crippen molar-refractivity contribution >= 4 is 33.4 Å². The molecule has 0 bridgehead atoms. The van der Waals surface area contributed by atoms with Gasteiger partial charge in [-0.2, -0.15) is 17.5 Å². The summed E-state index contributed by atoms with van der Waals surface area (Å²) in [5.41, 5.74) is 4.88. The highest BCUT2D eigenvalue weighted by atomic mass is 32.2. The SMILES string of the molecule is CN(C(CNC(=O)c1cc(=O)n2cc(OCCCN)ccc2c1)C(=O)OC(=O)C(F)(F)F)S(=O)(=O)c1ccccc1. The Balaban J connectivity index is 1.85. The fourth-order valence-corrected chi connectivity index (χ4v) is 4.82. The van der Waals surface area contributed by atoms with E-state index in [2.05, 4.69) is 10.1 Å². The largest absolute Gasteiger partial charge is 0.492 e. The van der Waals surface area contributed by atoms with Crippen molar-refractivity contribution < 1.29 is 45.4 Å². The van der Waals surface area contributed by atoms with Crippen molar-refractivity contribution in [3.05, 3.63) is 76.7 Å². The number of alkyl halides is 3. The maximum Gasteiger partial charge on any atom is 0.491 e. The molecule has 0 fully saturated rings. The molecular formula is C25H25F3N4O8S. The number of esters is 2. The van der Waals surface area contributed by atoms with E-state index in [1.54, 1.807) is 6.07 Å². The number of fused-ring (bicyclic) bond motifs is 1. The molecule has 2 heterocycles. The van der Waals surface area contributed by atoms with Crippen molar-refractivity contribution in [3.8, 4) is 5.75 Å². The lowest BCUT2D eigenvalue weighted by atomic mass is 10.2. The Morgan fingerprint density at radius 1 is 1.10 bits per heavy atom. The van der Waals surface area contributed by atoms with Crippen LogP contribution in [0, 0.1) is 0 Å². The quantitative estimate of drug-likeness (QED) is 0.187. The average Bonchev–Trinajstić information content (AvgIpc) is 2.93. The Morgan fingerprint density at radius 3 is 2.41 bits per heavy atom. The molecule has 0 aliphatic rings. The van der Waals surface area contributed by atoms with Crippen molar-refractivity contribution in [1.82, 2.24) is 14.0 Å². The lowest BCUT2D eigenvalue weighted by molar-refractivity contribution is -0.202. The van der Waals surface area contributed by atoms with Crippen LogP contribution in [0.3, 0.4) is 0 Å². The summed E-state index contributed by atoms with van der Waals surface area (Å²) in [6, 6.07) is 9.82. The number of pyridine rings is 2. The van der Waals surface area contributed by atoms with E-state index in [1.807, 2.05) is 0 Å². The van der Waals surface area contributed by atoms with Gasteiger partial charge in [0.1, 0.15) is 11.8 Å². The molecule has 0 aliphatic carbocycles. The van der Waals surface area contributed by atoms with Crippen LogP contribution in [0.2, 0.25) is 0 Å². The number of benzene rings is 1. The molecule has 12 nitrogen and oxygen atoms in total. The molecule has 0 saturated heterocycles. The molecule has 220 valence electrons. The third-order valence-corrected chi connectivity index (χ3v) is 7.54. The minimum Gasteiger partial charge on any atom is -0.492 e. The first-order valence-electron chi connectivity index (χ1n) is 11.9. The number of aromatic nitrogens is 1. The number of ether oxygens (including phenoxy) is 2. The molecule has 0 spiro atoms. The normalized spacial score (nSPS) is 12.6. The van der Waals surface area contributed by atoms with Gasteiger partial charge in [-0.05, 0) is 43.3 Å². The molecule has 1 unspecified atom stereocenters. The number of rotatable bonds is 11. The molecule has 3 aromatic rings. The van der Waals surface area contributed by atoms with Crippen molar-refractivity contribution in [2.45, 2.75) is 23.5 Å². The molecule has 0 aliphatic heterocycles. The fourth-order valence-electron chi connectivity index (χ4n) is 3.49. The highest BCUT2D eigenvalue weighted by Gasteiger charge is 2.45. The molecule has 2 aromatic heterocycles. The van der Waals surface area contributed by atoms with Crippen LogP contribution < -0.4 is 21.3 Å². The van der Waals surface area contributed by atoms with Gasteiger partial charge < -0.3 is 20.5 Å². The Kier molecular flexibility index (Phi) is 9.85. The predicted octanol–water partition coefficient (Wildman–Crippen LogP) is 1.08. The van der Waals surface area contributed by atoms with Crippen molar-refractivity contribution in [3.63, 3.8) is 0 Å². The first-order valence-corrected chi connectivity index (χ1v) is 13.3. The Hall–Kier alpha value is -4.28. The second-order valence-electron chi connectivity index (χ2n) is 8.50. The monoisotopic (exact) mass is 598 g/mol. The summed E-state index contributed by atoms with van der Waals surface area (Å²) in [4.78, 5) is 49.0. The van der Waals surface area contributed by atoms with Gasteiger partial charge in [-0.15, -0.1) is 0 Å². The summed E-state index contributed by atoms with van der Waals surface area (Å²) in [5.74, 6) is -5.32. The summed E-state index contributed by atoms with van der Waals surface area (Å²) in [6.45, 7) is -0.167. The van der Waals surface area contributed by atoms with Gasteiger partial charge in [0.15, 0.2) is 0 Å². The van der Waals surface area contributed by atoms with Gasteiger partial charge in [-0.3, -0.25) is 14.0 Å². The number of carbonyl (C=O) groups is 3. The third-order valence-electron chi connectivity index (χ3n) is 5.66. The molecule has 0 saturated carbocycles. The minimum absolute atomic E-state index is 0.196. The van der Waals surface area contributed by atoms with E-state index < -0.39 is 52.2 Å². The fraction of sp³-hybridized carbons (Fsp3) is 0.280. The van der Waals surface area contributed by atoms with Crippen molar-refractivity contribution in [2.75, 3.05) is 26.7 Å². The van der Waals surface area contributed by atoms with Crippen LogP contribution in [0.4, 0.5) is 13.2 Å². The third kappa shape index (κ3) is 7.68. The molecule has 0 radical (unpaired) electrons. The van der Waals surface area contributed by atoms with E-state index >= 15 is 0 Å². The first-order chi connectivity index (χ1) is 19.3. The van der Waals surface area contributed by atoms with E-state index in [9.17, 15) is 40.8 Å². The zero-order valence-corrected chi connectivity index (χ0v) is 22.3. The molecule has 1 aromatic carbocycles. The molecule has 1 amide bonds. The Bertz CT molecular complexity index is 1590. The lowest BCUT2D eigenvalue weighted by Crippen LogP contribution is -2.51. The number of nitrogens with one attached hydrogen (secondary N) is 1. The molecule has 16 heteroatoms. The number of hydrogen-bond acceptors (Lipinski definition) is 9. The van der Waals surface area contributed by atoms with E-state index in [0.717, 1.165) is 13.1 Å². The zero-order valence-electron chi connectivity index (χ0n) is 21.5. The van der Waals surface area contributed by atoms with Crippen molar-refractivity contribution in [2.24, 2.45) is 5.73 Å². The van der Waals surface area contributed by atoms with Crippen LogP contribution in [0.15, 0.2) is 70.5 Å². The van der Waals surface area contributed by atoms with Crippen LogP contribution in [0.1, 0.15) is 16.8 Å². The van der Waals surface area contributed by atoms with Crippen molar-refractivity contribution in [1.29, 1.82) is 0 Å². The number of hydrogen-bond donors (Lipinski definition) is 2. The van der Waals surface area contributed by atoms with Crippen LogP contribution in [-0.2, 0) is 24.3 Å². The topological polar surface area (TPSA) is 167 Å². The molecule has 41 heavy (non-hydrogen) atoms. The van der Waals surface area contributed by atoms with Crippen LogP contribution >= 0.6 is 0 Å². The summed E-state index contributed by atoms with van der Waals surface area (Å²) >= 11 is 0. The number of likely N-dealkylation sites (N-methyl/N-ethyl adjacent to an activating group) is 1. The first kappa shape index (κ1) is 31.3. The van der Waals surface area contributed by atoms with Gasteiger partial charge in [-0.1, -0.05) is 18.2 Å². The highest BCUT2D eigenvalue weighted by molar-refractivity contribution is 7.89. The van der Waals surface area contributed by atoms with Gasteiger partial charge in [0.05, 0.1) is 17.7 Å². The molecule has 1 atom stereocenters. The average molecular weight is 599 g/mol.